The average molecular weight is 687 g/mol. The normalized spacial score (nSPS) is 12.9. The second kappa shape index (κ2) is 15.5. The molecule has 4 rings (SSSR count). The number of aliphatic carboxylic acids is 2. The lowest BCUT2D eigenvalue weighted by Crippen LogP contribution is -2.39. The third-order valence-corrected chi connectivity index (χ3v) is 7.25. The predicted molar refractivity (Wildman–Crippen MR) is 178 cm³/mol. The molecule has 246 valence electrons. The number of halogens is 3. The lowest BCUT2D eigenvalue weighted by Gasteiger charge is -2.21. The fourth-order valence-electron chi connectivity index (χ4n) is 4.97. The fraction of sp³-hybridized carbons (Fsp3) is 0.345. The second-order valence-corrected chi connectivity index (χ2v) is 10.8. The molecule has 3 atom stereocenters. The van der Waals surface area contributed by atoms with E-state index >= 15 is 0 Å². The summed E-state index contributed by atoms with van der Waals surface area (Å²) in [6, 6.07) is 7.09. The van der Waals surface area contributed by atoms with Crippen molar-refractivity contribution in [3.05, 3.63) is 69.8 Å². The maximum atomic E-state index is 13.8. The molecule has 0 radical (unpaired) electrons. The van der Waals surface area contributed by atoms with Crippen LogP contribution in [-0.4, -0.2) is 65.1 Å². The Labute approximate surface area is 277 Å². The molecule has 0 saturated heterocycles. The highest BCUT2D eigenvalue weighted by Crippen LogP contribution is 2.33. The lowest BCUT2D eigenvalue weighted by molar-refractivity contribution is -0.139. The minimum absolute atomic E-state index is 0. The van der Waals surface area contributed by atoms with Gasteiger partial charge in [-0.1, -0.05) is 19.9 Å². The van der Waals surface area contributed by atoms with E-state index in [1.807, 2.05) is 43.8 Å². The standard InChI is InChI=1S/C29H35N7O6.3ClH/c1-14(2)20-13-21(18(12-23(32)28(40)41)9-17(20)11-22(31)27(38)39)25-33-36(26(37)15(3)30)29(42)35(25)19-5-6-24-16(10-19)7-8-34(24)4;;;/h5-10,13-15,22-23H,11-12,30-32H2,1-4H3,(H,38,39)(H,40,41);3*1H. The van der Waals surface area contributed by atoms with Crippen LogP contribution in [0.2, 0.25) is 0 Å². The van der Waals surface area contributed by atoms with Crippen LogP contribution in [0.1, 0.15) is 48.2 Å². The first-order chi connectivity index (χ1) is 19.7. The molecule has 0 aliphatic heterocycles. The molecule has 2 aromatic heterocycles. The molecular formula is C29H38Cl3N7O6. The number of fused-ring (bicyclic) bond motifs is 1. The highest BCUT2D eigenvalue weighted by atomic mass is 35.5. The van der Waals surface area contributed by atoms with Crippen LogP contribution in [0.4, 0.5) is 0 Å². The molecule has 4 aromatic rings. The molecule has 0 amide bonds. The highest BCUT2D eigenvalue weighted by Gasteiger charge is 2.27. The monoisotopic (exact) mass is 685 g/mol. The van der Waals surface area contributed by atoms with Crippen molar-refractivity contribution in [3.63, 3.8) is 0 Å². The summed E-state index contributed by atoms with van der Waals surface area (Å²) in [5.74, 6) is -3.20. The van der Waals surface area contributed by atoms with Gasteiger partial charge in [0, 0.05) is 29.7 Å². The molecule has 45 heavy (non-hydrogen) atoms. The molecular weight excluding hydrogens is 649 g/mol. The number of benzene rings is 2. The molecule has 0 aliphatic carbocycles. The number of carboxylic acids is 2. The first-order valence-corrected chi connectivity index (χ1v) is 13.4. The van der Waals surface area contributed by atoms with Crippen LogP contribution in [0.25, 0.3) is 28.0 Å². The van der Waals surface area contributed by atoms with E-state index in [0.29, 0.717) is 27.1 Å². The molecule has 0 fully saturated rings. The van der Waals surface area contributed by atoms with Gasteiger partial charge in [-0.2, -0.15) is 0 Å². The van der Waals surface area contributed by atoms with E-state index in [-0.39, 0.29) is 61.8 Å². The number of carbonyl (C=O) groups is 3. The number of nitrogens with zero attached hydrogens (tertiary/aromatic N) is 4. The Bertz CT molecular complexity index is 1760. The largest absolute Gasteiger partial charge is 0.480 e. The van der Waals surface area contributed by atoms with E-state index in [9.17, 15) is 29.4 Å². The molecule has 8 N–H and O–H groups in total. The molecule has 0 aliphatic rings. The van der Waals surface area contributed by atoms with E-state index in [2.05, 4.69) is 5.10 Å². The molecule has 16 heteroatoms. The van der Waals surface area contributed by atoms with Gasteiger partial charge in [0.1, 0.15) is 12.1 Å². The van der Waals surface area contributed by atoms with Gasteiger partial charge in [-0.25, -0.2) is 9.36 Å². The Morgan fingerprint density at radius 3 is 1.98 bits per heavy atom. The minimum Gasteiger partial charge on any atom is -0.480 e. The Kier molecular flexibility index (Phi) is 13.6. The third kappa shape index (κ3) is 7.93. The number of carbonyl (C=O) groups excluding carboxylic acids is 1. The van der Waals surface area contributed by atoms with Crippen molar-refractivity contribution in [3.8, 4) is 17.1 Å². The second-order valence-electron chi connectivity index (χ2n) is 10.8. The number of aryl methyl sites for hydroxylation is 1. The number of carboxylic acid groups (broad SMARTS) is 2. The van der Waals surface area contributed by atoms with E-state index in [1.165, 1.54) is 11.5 Å². The Morgan fingerprint density at radius 2 is 1.44 bits per heavy atom. The zero-order valence-electron chi connectivity index (χ0n) is 25.0. The summed E-state index contributed by atoms with van der Waals surface area (Å²) in [6.07, 6.45) is 1.69. The average Bonchev–Trinajstić information content (AvgIpc) is 3.46. The number of rotatable bonds is 10. The number of hydrogen-bond acceptors (Lipinski definition) is 8. The van der Waals surface area contributed by atoms with Gasteiger partial charge < -0.3 is 32.0 Å². The molecule has 0 spiro atoms. The Hall–Kier alpha value is -3.72. The van der Waals surface area contributed by atoms with Crippen LogP contribution < -0.4 is 22.9 Å². The summed E-state index contributed by atoms with van der Waals surface area (Å²) < 4.78 is 3.91. The third-order valence-electron chi connectivity index (χ3n) is 7.25. The van der Waals surface area contributed by atoms with Crippen LogP contribution in [0.5, 0.6) is 0 Å². The van der Waals surface area contributed by atoms with Crippen molar-refractivity contribution >= 4 is 66.0 Å². The van der Waals surface area contributed by atoms with Gasteiger partial charge in [0.15, 0.2) is 5.82 Å². The van der Waals surface area contributed by atoms with Crippen molar-refractivity contribution in [2.24, 2.45) is 24.2 Å². The van der Waals surface area contributed by atoms with Gasteiger partial charge >= 0.3 is 17.6 Å². The van der Waals surface area contributed by atoms with Crippen LogP contribution in [0.3, 0.4) is 0 Å². The number of hydrogen-bond donors (Lipinski definition) is 5. The summed E-state index contributed by atoms with van der Waals surface area (Å²) >= 11 is 0. The summed E-state index contributed by atoms with van der Waals surface area (Å²) in [6.45, 7) is 5.26. The summed E-state index contributed by atoms with van der Waals surface area (Å²) in [5, 5.41) is 24.3. The maximum absolute atomic E-state index is 13.8. The van der Waals surface area contributed by atoms with Crippen LogP contribution in [0.15, 0.2) is 47.4 Å². The lowest BCUT2D eigenvalue weighted by atomic mass is 9.87. The molecule has 3 unspecified atom stereocenters. The van der Waals surface area contributed by atoms with Crippen LogP contribution in [0, 0.1) is 0 Å². The van der Waals surface area contributed by atoms with Crippen molar-refractivity contribution < 1.29 is 24.6 Å². The van der Waals surface area contributed by atoms with Gasteiger partial charge in [-0.3, -0.25) is 14.4 Å². The zero-order chi connectivity index (χ0) is 31.0. The van der Waals surface area contributed by atoms with Gasteiger partial charge in [-0.05, 0) is 72.7 Å². The first kappa shape index (κ1) is 39.3. The van der Waals surface area contributed by atoms with Crippen molar-refractivity contribution in [2.45, 2.75) is 57.7 Å². The molecule has 2 aromatic carbocycles. The Morgan fingerprint density at radius 1 is 0.867 bits per heavy atom. The quantitative estimate of drug-likeness (QED) is 0.164. The van der Waals surface area contributed by atoms with Crippen LogP contribution in [-0.2, 0) is 29.5 Å². The van der Waals surface area contributed by atoms with E-state index in [4.69, 9.17) is 17.2 Å². The zero-order valence-corrected chi connectivity index (χ0v) is 27.5. The maximum Gasteiger partial charge on any atom is 0.358 e. The molecule has 2 heterocycles. The predicted octanol–water partition coefficient (Wildman–Crippen LogP) is 2.48. The van der Waals surface area contributed by atoms with E-state index in [1.54, 1.807) is 24.3 Å². The fourth-order valence-corrected chi connectivity index (χ4v) is 4.97. The van der Waals surface area contributed by atoms with Crippen LogP contribution >= 0.6 is 37.2 Å². The first-order valence-electron chi connectivity index (χ1n) is 13.4. The van der Waals surface area contributed by atoms with Crippen molar-refractivity contribution in [1.82, 2.24) is 18.9 Å². The summed E-state index contributed by atoms with van der Waals surface area (Å²) in [5.41, 5.74) is 20.3. The summed E-state index contributed by atoms with van der Waals surface area (Å²) in [7, 11) is 1.89. The smallest absolute Gasteiger partial charge is 0.358 e. The van der Waals surface area contributed by atoms with Gasteiger partial charge in [-0.15, -0.1) is 47.0 Å². The van der Waals surface area contributed by atoms with Gasteiger partial charge in [0.2, 0.25) is 0 Å². The van der Waals surface area contributed by atoms with Crippen molar-refractivity contribution in [1.29, 1.82) is 0 Å². The number of aromatic nitrogens is 4. The minimum atomic E-state index is -1.32. The van der Waals surface area contributed by atoms with Gasteiger partial charge in [0.25, 0.3) is 5.91 Å². The summed E-state index contributed by atoms with van der Waals surface area (Å²) in [4.78, 5) is 50.1. The van der Waals surface area contributed by atoms with E-state index in [0.717, 1.165) is 16.5 Å². The molecule has 0 bridgehead atoms. The highest BCUT2D eigenvalue weighted by molar-refractivity contribution is 5.86. The number of nitrogens with two attached hydrogens (primary N) is 3. The van der Waals surface area contributed by atoms with E-state index < -0.39 is 41.7 Å². The topological polar surface area (TPSA) is 214 Å². The molecule has 13 nitrogen and oxygen atoms in total. The Balaban J connectivity index is 0.00000337. The SMILES string of the molecule is CC(N)C(=O)n1nc(-c2cc(C(C)C)c(CC(N)C(=O)O)cc2CC(N)C(=O)O)n(-c2ccc3c(ccn3C)c2)c1=O.Cl.Cl.Cl. The van der Waals surface area contributed by atoms with Gasteiger partial charge in [0.05, 0.1) is 11.7 Å². The van der Waals surface area contributed by atoms with Crippen molar-refractivity contribution in [2.75, 3.05) is 0 Å². The molecule has 0 saturated carbocycles.